The molecule has 0 amide bonds. The normalized spacial score (nSPS) is 8.31. The minimum atomic E-state index is -0.417. The van der Waals surface area contributed by atoms with Gasteiger partial charge in [-0.25, -0.2) is 0 Å². The van der Waals surface area contributed by atoms with Crippen LogP contribution in [0.1, 0.15) is 83.1 Å². The first-order chi connectivity index (χ1) is 10.4. The third-order valence-electron chi connectivity index (χ3n) is 0. The Morgan fingerprint density at radius 1 is 0.308 bits per heavy atom. The average Bonchev–Trinajstić information content (AvgIpc) is 2.08. The van der Waals surface area contributed by atoms with Gasteiger partial charge in [-0.3, -0.25) is 0 Å². The molecule has 8 heteroatoms. The van der Waals surface area contributed by atoms with Crippen molar-refractivity contribution in [3.63, 3.8) is 0 Å². The number of hydrogen-bond donors (Lipinski definition) is 0. The van der Waals surface area contributed by atoms with Crippen LogP contribution >= 0.6 is 0 Å². The Labute approximate surface area is 191 Å². The van der Waals surface area contributed by atoms with Gasteiger partial charge in [0.1, 0.15) is 0 Å². The quantitative estimate of drug-likeness (QED) is 0.343. The van der Waals surface area contributed by atoms with E-state index in [1.165, 1.54) is 0 Å². The van der Waals surface area contributed by atoms with E-state index in [0.717, 1.165) is 0 Å². The van der Waals surface area contributed by atoms with Crippen LogP contribution in [0.25, 0.3) is 0 Å². The minimum absolute atomic E-state index is 0. The zero-order valence-electron chi connectivity index (χ0n) is 18.9. The molecule has 158 valence electrons. The molecular weight excluding hydrogens is 461 g/mol. The Balaban J connectivity index is -0.0000000245. The van der Waals surface area contributed by atoms with E-state index in [0.29, 0.717) is 0 Å². The molecule has 0 saturated carbocycles. The Kier molecular flexibility index (Phi) is 87.7. The SMILES string of the molecule is CC(C)[O-].CC(C)[O-].CC(C)[O-].CC(C)[O-].CC(C)[O-].CC(C)[O-].[Al+3].[Sb+3]. The maximum Gasteiger partial charge on any atom is 3.00 e. The molecule has 0 aromatic carbocycles. The van der Waals surface area contributed by atoms with Crippen molar-refractivity contribution < 1.29 is 30.6 Å². The fourth-order valence-electron chi connectivity index (χ4n) is 0. The molecule has 0 aromatic heterocycles. The average molecular weight is 503 g/mol. The molecule has 0 aliphatic rings. The molecule has 26 heavy (non-hydrogen) atoms. The molecule has 0 unspecified atom stereocenters. The summed E-state index contributed by atoms with van der Waals surface area (Å²) in [6.07, 6.45) is -2.50. The van der Waals surface area contributed by atoms with E-state index in [4.69, 9.17) is 0 Å². The van der Waals surface area contributed by atoms with Crippen molar-refractivity contribution in [2.75, 3.05) is 0 Å². The van der Waals surface area contributed by atoms with Gasteiger partial charge in [-0.05, 0) is 0 Å². The topological polar surface area (TPSA) is 138 Å². The molecule has 0 rings (SSSR count). The van der Waals surface area contributed by atoms with Gasteiger partial charge in [0.05, 0.1) is 0 Å². The van der Waals surface area contributed by atoms with E-state index in [2.05, 4.69) is 0 Å². The van der Waals surface area contributed by atoms with Gasteiger partial charge in [-0.2, -0.15) is 0 Å². The first-order valence-corrected chi connectivity index (χ1v) is 8.34. The van der Waals surface area contributed by atoms with Crippen molar-refractivity contribution in [1.29, 1.82) is 0 Å². The van der Waals surface area contributed by atoms with Crippen LogP contribution in [0.5, 0.6) is 0 Å². The fraction of sp³-hybridized carbons (Fsp3) is 1.00. The van der Waals surface area contributed by atoms with Crippen molar-refractivity contribution in [3.8, 4) is 0 Å². The molecule has 0 heterocycles. The van der Waals surface area contributed by atoms with Gasteiger partial charge in [0.25, 0.3) is 0 Å². The first kappa shape index (κ1) is 50.6. The van der Waals surface area contributed by atoms with E-state index in [-0.39, 0.29) is 41.8 Å². The molecule has 0 aromatic rings. The molecule has 0 spiro atoms. The molecule has 0 bridgehead atoms. The van der Waals surface area contributed by atoms with Crippen LogP contribution in [0, 0.1) is 0 Å². The summed E-state index contributed by atoms with van der Waals surface area (Å²) in [5, 5.41) is 57.2. The van der Waals surface area contributed by atoms with Crippen molar-refractivity contribution in [1.82, 2.24) is 0 Å². The summed E-state index contributed by atoms with van der Waals surface area (Å²) in [6.45, 7) is 19.3. The Bertz CT molecular complexity index is 107. The van der Waals surface area contributed by atoms with Gasteiger partial charge < -0.3 is 30.6 Å². The van der Waals surface area contributed by atoms with Crippen LogP contribution in [-0.4, -0.2) is 78.4 Å². The summed E-state index contributed by atoms with van der Waals surface area (Å²) in [5.74, 6) is 0. The standard InChI is InChI=1S/6C3H7O.Al.Sb/c6*1-3(2)4;;/h6*3H,1-2H3;;/q6*-1;2*+3. The summed E-state index contributed by atoms with van der Waals surface area (Å²) in [6, 6.07) is 0. The van der Waals surface area contributed by atoms with Crippen LogP contribution in [0.15, 0.2) is 0 Å². The zero-order chi connectivity index (χ0) is 21.5. The molecule has 6 nitrogen and oxygen atoms in total. The smallest absolute Gasteiger partial charge is 0.852 e. The molecule has 0 fully saturated rings. The second kappa shape index (κ2) is 45.1. The fourth-order valence-corrected chi connectivity index (χ4v) is 0. The Morgan fingerprint density at radius 3 is 0.308 bits per heavy atom. The van der Waals surface area contributed by atoms with Crippen LogP contribution in [0.2, 0.25) is 0 Å². The summed E-state index contributed by atoms with van der Waals surface area (Å²) in [7, 11) is 0. The number of rotatable bonds is 0. The van der Waals surface area contributed by atoms with Gasteiger partial charge in [0.15, 0.2) is 0 Å². The molecule has 0 aliphatic heterocycles. The Hall–Kier alpha value is 1.11. The van der Waals surface area contributed by atoms with Crippen molar-refractivity contribution in [2.45, 2.75) is 120 Å². The predicted octanol–water partition coefficient (Wildman–Crippen LogP) is -2.23. The van der Waals surface area contributed by atoms with Gasteiger partial charge in [-0.1, -0.05) is 83.1 Å². The third-order valence-corrected chi connectivity index (χ3v) is 0. The van der Waals surface area contributed by atoms with E-state index < -0.39 is 36.6 Å². The van der Waals surface area contributed by atoms with E-state index in [1.807, 2.05) is 0 Å². The van der Waals surface area contributed by atoms with Crippen molar-refractivity contribution in [3.05, 3.63) is 0 Å². The summed E-state index contributed by atoms with van der Waals surface area (Å²) >= 11 is 0. The van der Waals surface area contributed by atoms with Crippen LogP contribution in [0.4, 0.5) is 0 Å². The van der Waals surface area contributed by atoms with E-state index >= 15 is 0 Å². The van der Waals surface area contributed by atoms with E-state index in [1.54, 1.807) is 83.1 Å². The second-order valence-corrected chi connectivity index (χ2v) is 6.29. The monoisotopic (exact) mass is 502 g/mol. The van der Waals surface area contributed by atoms with Crippen molar-refractivity contribution in [2.24, 2.45) is 0 Å². The minimum Gasteiger partial charge on any atom is -0.852 e. The van der Waals surface area contributed by atoms with E-state index in [9.17, 15) is 30.6 Å². The van der Waals surface area contributed by atoms with Gasteiger partial charge in [0, 0.05) is 0 Å². The molecule has 0 aliphatic carbocycles. The van der Waals surface area contributed by atoms with Crippen LogP contribution in [0.3, 0.4) is 0 Å². The summed E-state index contributed by atoms with van der Waals surface area (Å²) in [5.41, 5.74) is 0. The van der Waals surface area contributed by atoms with Crippen LogP contribution in [-0.2, 0) is 0 Å². The summed E-state index contributed by atoms with van der Waals surface area (Å²) in [4.78, 5) is 0. The molecule has 0 saturated heterocycles. The zero-order valence-corrected chi connectivity index (χ0v) is 22.6. The predicted molar refractivity (Wildman–Crippen MR) is 102 cm³/mol. The summed E-state index contributed by atoms with van der Waals surface area (Å²) < 4.78 is 0. The van der Waals surface area contributed by atoms with Crippen LogP contribution < -0.4 is 30.6 Å². The van der Waals surface area contributed by atoms with Gasteiger partial charge in [0.2, 0.25) is 0 Å². The molecule has 2 radical (unpaired) electrons. The van der Waals surface area contributed by atoms with Gasteiger partial charge in [-0.15, -0.1) is 36.6 Å². The molecule has 0 atom stereocenters. The van der Waals surface area contributed by atoms with Gasteiger partial charge >= 0.3 is 41.8 Å². The van der Waals surface area contributed by atoms with Crippen molar-refractivity contribution >= 4 is 41.8 Å². The molecular formula is C18H42AlO6Sb. The third kappa shape index (κ3) is 11800. The maximum absolute atomic E-state index is 9.53. The number of hydrogen-bond acceptors (Lipinski definition) is 6. The maximum atomic E-state index is 9.53. The first-order valence-electron chi connectivity index (χ1n) is 8.34. The Morgan fingerprint density at radius 2 is 0.308 bits per heavy atom. The second-order valence-electron chi connectivity index (χ2n) is 6.29. The molecule has 0 N–H and O–H groups in total. The largest absolute Gasteiger partial charge is 3.00 e.